The SMILES string of the molecule is COc1ccccc1N(C)S(=O)(=O)c1c(N)cccc1Cl. The summed E-state index contributed by atoms with van der Waals surface area (Å²) in [5, 5.41) is 0.0803. The Kier molecular flexibility index (Phi) is 4.29. The highest BCUT2D eigenvalue weighted by atomic mass is 35.5. The third-order valence-electron chi connectivity index (χ3n) is 3.04. The lowest BCUT2D eigenvalue weighted by molar-refractivity contribution is 0.416. The van der Waals surface area contributed by atoms with Crippen LogP contribution >= 0.6 is 11.6 Å². The topological polar surface area (TPSA) is 72.6 Å². The van der Waals surface area contributed by atoms with Gasteiger partial charge in [0.15, 0.2) is 0 Å². The first-order valence-electron chi connectivity index (χ1n) is 6.05. The molecule has 0 spiro atoms. The molecule has 0 fully saturated rings. The molecule has 0 unspecified atom stereocenters. The van der Waals surface area contributed by atoms with Crippen LogP contribution in [0.3, 0.4) is 0 Å². The van der Waals surface area contributed by atoms with Crippen LogP contribution in [-0.2, 0) is 10.0 Å². The number of nitrogens with zero attached hydrogens (tertiary/aromatic N) is 1. The molecule has 0 bridgehead atoms. The third-order valence-corrected chi connectivity index (χ3v) is 5.36. The Morgan fingerprint density at radius 1 is 1.14 bits per heavy atom. The first kappa shape index (κ1) is 15.5. The van der Waals surface area contributed by atoms with Crippen LogP contribution in [0.1, 0.15) is 0 Å². The van der Waals surface area contributed by atoms with E-state index in [4.69, 9.17) is 22.1 Å². The number of ether oxygens (including phenoxy) is 1. The molecule has 0 radical (unpaired) electrons. The van der Waals surface area contributed by atoms with Crippen molar-refractivity contribution in [3.05, 3.63) is 47.5 Å². The second kappa shape index (κ2) is 5.83. The largest absolute Gasteiger partial charge is 0.495 e. The van der Waals surface area contributed by atoms with Crippen molar-refractivity contribution in [2.24, 2.45) is 0 Å². The normalized spacial score (nSPS) is 11.2. The Labute approximate surface area is 128 Å². The summed E-state index contributed by atoms with van der Waals surface area (Å²) >= 11 is 6.00. The van der Waals surface area contributed by atoms with Gasteiger partial charge in [0, 0.05) is 7.05 Å². The molecule has 0 amide bonds. The fourth-order valence-electron chi connectivity index (χ4n) is 1.95. The summed E-state index contributed by atoms with van der Waals surface area (Å²) in [6.45, 7) is 0. The van der Waals surface area contributed by atoms with E-state index in [2.05, 4.69) is 0 Å². The highest BCUT2D eigenvalue weighted by Gasteiger charge is 2.28. The summed E-state index contributed by atoms with van der Waals surface area (Å²) in [5.41, 5.74) is 6.28. The Morgan fingerprint density at radius 3 is 2.43 bits per heavy atom. The van der Waals surface area contributed by atoms with Gasteiger partial charge in [-0.3, -0.25) is 4.31 Å². The molecule has 0 saturated carbocycles. The lowest BCUT2D eigenvalue weighted by Gasteiger charge is -2.22. The van der Waals surface area contributed by atoms with Crippen molar-refractivity contribution >= 4 is 33.0 Å². The predicted molar refractivity (Wildman–Crippen MR) is 84.4 cm³/mol. The van der Waals surface area contributed by atoms with Gasteiger partial charge in [0.1, 0.15) is 10.6 Å². The van der Waals surface area contributed by atoms with Crippen LogP contribution in [0.15, 0.2) is 47.4 Å². The van der Waals surface area contributed by atoms with Gasteiger partial charge < -0.3 is 10.5 Å². The van der Waals surface area contributed by atoms with E-state index >= 15 is 0 Å². The van der Waals surface area contributed by atoms with Crippen LogP contribution in [0.25, 0.3) is 0 Å². The van der Waals surface area contributed by atoms with Crippen molar-refractivity contribution in [2.45, 2.75) is 4.90 Å². The van der Waals surface area contributed by atoms with Crippen LogP contribution in [0.5, 0.6) is 5.75 Å². The number of hydrogen-bond donors (Lipinski definition) is 1. The second-order valence-corrected chi connectivity index (χ2v) is 6.62. The minimum Gasteiger partial charge on any atom is -0.495 e. The van der Waals surface area contributed by atoms with Gasteiger partial charge >= 0.3 is 0 Å². The highest BCUT2D eigenvalue weighted by Crippen LogP contribution is 2.35. The molecule has 0 aliphatic rings. The number of anilines is 2. The molecule has 2 rings (SSSR count). The fraction of sp³-hybridized carbons (Fsp3) is 0.143. The van der Waals surface area contributed by atoms with Crippen molar-refractivity contribution in [1.29, 1.82) is 0 Å². The maximum atomic E-state index is 12.7. The van der Waals surface area contributed by atoms with Gasteiger partial charge in [0.2, 0.25) is 0 Å². The molecular formula is C14H15ClN2O3S. The average Bonchev–Trinajstić information content (AvgIpc) is 2.46. The number of nitrogens with two attached hydrogens (primary N) is 1. The number of rotatable bonds is 4. The van der Waals surface area contributed by atoms with Gasteiger partial charge in [0.25, 0.3) is 10.0 Å². The van der Waals surface area contributed by atoms with E-state index in [9.17, 15) is 8.42 Å². The van der Waals surface area contributed by atoms with Crippen molar-refractivity contribution in [3.8, 4) is 5.75 Å². The molecule has 0 saturated heterocycles. The number of methoxy groups -OCH3 is 1. The zero-order valence-electron chi connectivity index (χ0n) is 11.6. The van der Waals surface area contributed by atoms with Gasteiger partial charge in [-0.05, 0) is 24.3 Å². The number of nitrogen functional groups attached to an aromatic ring is 1. The summed E-state index contributed by atoms with van der Waals surface area (Å²) in [4.78, 5) is -0.111. The predicted octanol–water partition coefficient (Wildman–Crippen LogP) is 2.76. The summed E-state index contributed by atoms with van der Waals surface area (Å²) in [6.07, 6.45) is 0. The summed E-state index contributed by atoms with van der Waals surface area (Å²) < 4.78 is 31.8. The monoisotopic (exact) mass is 326 g/mol. The fourth-order valence-corrected chi connectivity index (χ4v) is 3.79. The number of benzene rings is 2. The van der Waals surface area contributed by atoms with E-state index < -0.39 is 10.0 Å². The molecule has 2 aromatic carbocycles. The van der Waals surface area contributed by atoms with E-state index in [1.165, 1.54) is 26.3 Å². The molecule has 0 heterocycles. The third kappa shape index (κ3) is 2.77. The minimum absolute atomic E-state index is 0.0803. The van der Waals surface area contributed by atoms with Crippen molar-refractivity contribution in [2.75, 3.05) is 24.2 Å². The van der Waals surface area contributed by atoms with Gasteiger partial charge in [0.05, 0.1) is 23.5 Å². The first-order chi connectivity index (χ1) is 9.89. The van der Waals surface area contributed by atoms with Crippen LogP contribution in [0, 0.1) is 0 Å². The maximum absolute atomic E-state index is 12.7. The van der Waals surface area contributed by atoms with Crippen molar-refractivity contribution in [1.82, 2.24) is 0 Å². The van der Waals surface area contributed by atoms with Crippen LogP contribution in [-0.4, -0.2) is 22.6 Å². The quantitative estimate of drug-likeness (QED) is 0.877. The summed E-state index contributed by atoms with van der Waals surface area (Å²) in [6, 6.07) is 11.4. The van der Waals surface area contributed by atoms with Gasteiger partial charge in [-0.1, -0.05) is 29.8 Å². The van der Waals surface area contributed by atoms with Gasteiger partial charge in [-0.25, -0.2) is 8.42 Å². The highest BCUT2D eigenvalue weighted by molar-refractivity contribution is 7.93. The first-order valence-corrected chi connectivity index (χ1v) is 7.87. The number of halogens is 1. The smallest absolute Gasteiger partial charge is 0.267 e. The van der Waals surface area contributed by atoms with Crippen LogP contribution in [0.2, 0.25) is 5.02 Å². The molecule has 112 valence electrons. The van der Waals surface area contributed by atoms with E-state index in [1.807, 2.05) is 0 Å². The van der Waals surface area contributed by atoms with E-state index in [0.29, 0.717) is 11.4 Å². The second-order valence-electron chi connectivity index (χ2n) is 4.30. The Hall–Kier alpha value is -1.92. The summed E-state index contributed by atoms with van der Waals surface area (Å²) in [5.74, 6) is 0.439. The molecule has 7 heteroatoms. The molecule has 0 aliphatic heterocycles. The van der Waals surface area contributed by atoms with Crippen molar-refractivity contribution in [3.63, 3.8) is 0 Å². The molecule has 21 heavy (non-hydrogen) atoms. The van der Waals surface area contributed by atoms with E-state index in [1.54, 1.807) is 30.3 Å². The van der Waals surface area contributed by atoms with Crippen LogP contribution in [0.4, 0.5) is 11.4 Å². The zero-order valence-corrected chi connectivity index (χ0v) is 13.1. The van der Waals surface area contributed by atoms with Gasteiger partial charge in [-0.2, -0.15) is 0 Å². The zero-order chi connectivity index (χ0) is 15.6. The number of hydrogen-bond acceptors (Lipinski definition) is 4. The molecule has 0 atom stereocenters. The minimum atomic E-state index is -3.89. The Balaban J connectivity index is 2.59. The molecule has 0 aromatic heterocycles. The molecule has 5 nitrogen and oxygen atoms in total. The number of para-hydroxylation sites is 2. The standard InChI is InChI=1S/C14H15ClN2O3S/c1-17(12-8-3-4-9-13(12)20-2)21(18,19)14-10(15)6-5-7-11(14)16/h3-9H,16H2,1-2H3. The average molecular weight is 327 g/mol. The van der Waals surface area contributed by atoms with Crippen molar-refractivity contribution < 1.29 is 13.2 Å². The number of sulfonamides is 1. The molecule has 0 aliphatic carbocycles. The lowest BCUT2D eigenvalue weighted by atomic mass is 10.3. The van der Waals surface area contributed by atoms with E-state index in [0.717, 1.165) is 4.31 Å². The van der Waals surface area contributed by atoms with Crippen LogP contribution < -0.4 is 14.8 Å². The molecule has 2 aromatic rings. The van der Waals surface area contributed by atoms with Gasteiger partial charge in [-0.15, -0.1) is 0 Å². The maximum Gasteiger partial charge on any atom is 0.267 e. The Bertz CT molecular complexity index is 742. The Morgan fingerprint density at radius 2 is 1.81 bits per heavy atom. The summed E-state index contributed by atoms with van der Waals surface area (Å²) in [7, 11) is -0.988. The molecular weight excluding hydrogens is 312 g/mol. The lowest BCUT2D eigenvalue weighted by Crippen LogP contribution is -2.28. The van der Waals surface area contributed by atoms with E-state index in [-0.39, 0.29) is 15.6 Å². The molecule has 2 N–H and O–H groups in total.